The zero-order valence-corrected chi connectivity index (χ0v) is 4.31. The molecule has 0 N–H and O–H groups in total. The van der Waals surface area contributed by atoms with E-state index in [1.807, 2.05) is 0 Å². The predicted octanol–water partition coefficient (Wildman–Crippen LogP) is 0.626. The van der Waals surface area contributed by atoms with Crippen molar-refractivity contribution in [1.29, 1.82) is 5.26 Å². The Morgan fingerprint density at radius 2 is 2.38 bits per heavy atom. The molecule has 0 aromatic carbocycles. The Labute approximate surface area is 46.2 Å². The van der Waals surface area contributed by atoms with Gasteiger partial charge in [-0.05, 0) is 6.92 Å². The molecule has 0 heterocycles. The van der Waals surface area contributed by atoms with E-state index in [4.69, 9.17) is 5.26 Å². The smallest absolute Gasteiger partial charge is 0.217 e. The number of nitriles is 1. The number of alkyl halides is 1. The maximum atomic E-state index is 11.9. The van der Waals surface area contributed by atoms with Gasteiger partial charge >= 0.3 is 0 Å². The van der Waals surface area contributed by atoms with Crippen LogP contribution < -0.4 is 0 Å². The van der Waals surface area contributed by atoms with Gasteiger partial charge in [0.15, 0.2) is 0 Å². The minimum absolute atomic E-state index is 0.201. The van der Waals surface area contributed by atoms with Crippen LogP contribution in [0.3, 0.4) is 0 Å². The van der Waals surface area contributed by atoms with E-state index in [9.17, 15) is 9.18 Å². The molecule has 0 spiro atoms. The largest absolute Gasteiger partial charge is 0.233 e. The second-order valence-electron chi connectivity index (χ2n) is 1.28. The highest BCUT2D eigenvalue weighted by atomic mass is 19.1. The van der Waals surface area contributed by atoms with Gasteiger partial charge in [-0.1, -0.05) is 0 Å². The minimum atomic E-state index is -1.78. The maximum absolute atomic E-state index is 11.9. The molecule has 42 valence electrons. The molecule has 0 rings (SSSR count). The summed E-state index contributed by atoms with van der Waals surface area (Å²) in [7, 11) is 0. The first kappa shape index (κ1) is 6.87. The Morgan fingerprint density at radius 3 is 2.50 bits per heavy atom. The Balaban J connectivity index is 4.08. The van der Waals surface area contributed by atoms with Crippen LogP contribution in [-0.4, -0.2) is 12.1 Å². The van der Waals surface area contributed by atoms with E-state index in [1.54, 1.807) is 0 Å². The number of hydrogen-bond acceptors (Lipinski definition) is 2. The Hall–Kier alpha value is -1.13. The zero-order valence-electron chi connectivity index (χ0n) is 4.31. The van der Waals surface area contributed by atoms with E-state index in [0.29, 0.717) is 0 Å². The van der Waals surface area contributed by atoms with E-state index in [1.165, 1.54) is 18.9 Å². The Bertz CT molecular complexity index is 164. The second-order valence-corrected chi connectivity index (χ2v) is 1.28. The SMILES string of the molecule is CC(=C=O)C(F)C#N. The lowest BCUT2D eigenvalue weighted by molar-refractivity contribution is 0.457. The molecule has 0 bridgehead atoms. The van der Waals surface area contributed by atoms with Crippen LogP contribution in [0.2, 0.25) is 0 Å². The molecular weight excluding hydrogens is 109 g/mol. The number of rotatable bonds is 1. The molecule has 3 heteroatoms. The summed E-state index contributed by atoms with van der Waals surface area (Å²) in [6.07, 6.45) is -1.78. The topological polar surface area (TPSA) is 40.9 Å². The van der Waals surface area contributed by atoms with Crippen molar-refractivity contribution >= 4 is 5.94 Å². The van der Waals surface area contributed by atoms with Gasteiger partial charge in [0.1, 0.15) is 12.0 Å². The molecule has 0 saturated carbocycles. The molecule has 0 aliphatic carbocycles. The molecule has 0 aliphatic heterocycles. The molecule has 0 amide bonds. The van der Waals surface area contributed by atoms with E-state index in [0.717, 1.165) is 0 Å². The third kappa shape index (κ3) is 1.55. The van der Waals surface area contributed by atoms with E-state index >= 15 is 0 Å². The van der Waals surface area contributed by atoms with Gasteiger partial charge in [0.05, 0.1) is 5.57 Å². The summed E-state index contributed by atoms with van der Waals surface area (Å²) in [5.41, 5.74) is -0.201. The summed E-state index contributed by atoms with van der Waals surface area (Å²) < 4.78 is 11.9. The third-order valence-corrected chi connectivity index (χ3v) is 0.655. The van der Waals surface area contributed by atoms with E-state index < -0.39 is 6.17 Å². The monoisotopic (exact) mass is 113 g/mol. The van der Waals surface area contributed by atoms with Crippen LogP contribution in [0, 0.1) is 11.3 Å². The number of allylic oxidation sites excluding steroid dienone is 1. The average Bonchev–Trinajstić information content (AvgIpc) is 1.84. The van der Waals surface area contributed by atoms with Crippen molar-refractivity contribution < 1.29 is 9.18 Å². The predicted molar refractivity (Wildman–Crippen MR) is 25.4 cm³/mol. The van der Waals surface area contributed by atoms with E-state index in [-0.39, 0.29) is 5.57 Å². The van der Waals surface area contributed by atoms with Crippen molar-refractivity contribution in [2.45, 2.75) is 13.1 Å². The van der Waals surface area contributed by atoms with Crippen LogP contribution in [0.1, 0.15) is 6.92 Å². The van der Waals surface area contributed by atoms with Crippen LogP contribution >= 0.6 is 0 Å². The van der Waals surface area contributed by atoms with Crippen LogP contribution in [-0.2, 0) is 4.79 Å². The summed E-state index contributed by atoms with van der Waals surface area (Å²) in [5.74, 6) is 1.28. The van der Waals surface area contributed by atoms with Crippen LogP contribution in [0.4, 0.5) is 4.39 Å². The molecule has 0 radical (unpaired) electrons. The maximum Gasteiger partial charge on any atom is 0.217 e. The van der Waals surface area contributed by atoms with E-state index in [2.05, 4.69) is 0 Å². The highest BCUT2D eigenvalue weighted by Crippen LogP contribution is 1.98. The van der Waals surface area contributed by atoms with Gasteiger partial charge < -0.3 is 0 Å². The van der Waals surface area contributed by atoms with Gasteiger partial charge in [-0.2, -0.15) is 5.26 Å². The molecule has 0 aliphatic rings. The number of carbonyl (C=O) groups excluding carboxylic acids is 1. The highest BCUT2D eigenvalue weighted by Gasteiger charge is 2.05. The zero-order chi connectivity index (χ0) is 6.57. The number of hydrogen-bond donors (Lipinski definition) is 0. The highest BCUT2D eigenvalue weighted by molar-refractivity contribution is 5.54. The standard InChI is InChI=1S/C5H4FNO/c1-4(3-8)5(6)2-7/h5H,1H3. The fourth-order valence-corrected chi connectivity index (χ4v) is 0.149. The average molecular weight is 113 g/mol. The fraction of sp³-hybridized carbons (Fsp3) is 0.400. The normalized spacial score (nSPS) is 11.1. The molecule has 8 heavy (non-hydrogen) atoms. The van der Waals surface area contributed by atoms with Gasteiger partial charge in [0.2, 0.25) is 6.17 Å². The minimum Gasteiger partial charge on any atom is -0.233 e. The van der Waals surface area contributed by atoms with Gasteiger partial charge in [-0.3, -0.25) is 0 Å². The van der Waals surface area contributed by atoms with Gasteiger partial charge in [-0.25, -0.2) is 9.18 Å². The first-order valence-electron chi connectivity index (χ1n) is 1.97. The Kier molecular flexibility index (Phi) is 2.53. The lowest BCUT2D eigenvalue weighted by Gasteiger charge is -1.87. The third-order valence-electron chi connectivity index (χ3n) is 0.655. The number of halogens is 1. The van der Waals surface area contributed by atoms with Crippen molar-refractivity contribution in [3.63, 3.8) is 0 Å². The van der Waals surface area contributed by atoms with Crippen molar-refractivity contribution in [2.75, 3.05) is 0 Å². The van der Waals surface area contributed by atoms with Crippen molar-refractivity contribution in [2.24, 2.45) is 0 Å². The fourth-order valence-electron chi connectivity index (χ4n) is 0.149. The van der Waals surface area contributed by atoms with Gasteiger partial charge in [-0.15, -0.1) is 0 Å². The van der Waals surface area contributed by atoms with Crippen LogP contribution in [0.15, 0.2) is 5.57 Å². The molecule has 1 atom stereocenters. The summed E-state index contributed by atoms with van der Waals surface area (Å²) in [5, 5.41) is 7.81. The molecule has 2 nitrogen and oxygen atoms in total. The van der Waals surface area contributed by atoms with Crippen LogP contribution in [0.25, 0.3) is 0 Å². The van der Waals surface area contributed by atoms with Gasteiger partial charge in [0, 0.05) is 0 Å². The quantitative estimate of drug-likeness (QED) is 0.468. The summed E-state index contributed by atoms with van der Waals surface area (Å²) in [6.45, 7) is 1.22. The molecule has 0 saturated heterocycles. The molecular formula is C5H4FNO. The number of nitrogens with zero attached hydrogens (tertiary/aromatic N) is 1. The van der Waals surface area contributed by atoms with Crippen molar-refractivity contribution in [3.05, 3.63) is 5.57 Å². The van der Waals surface area contributed by atoms with Crippen molar-refractivity contribution in [3.8, 4) is 6.07 Å². The molecule has 0 fully saturated rings. The lowest BCUT2D eigenvalue weighted by Crippen LogP contribution is -1.96. The summed E-state index contributed by atoms with van der Waals surface area (Å²) >= 11 is 0. The van der Waals surface area contributed by atoms with Crippen molar-refractivity contribution in [1.82, 2.24) is 0 Å². The Morgan fingerprint density at radius 1 is 1.88 bits per heavy atom. The van der Waals surface area contributed by atoms with Crippen LogP contribution in [0.5, 0.6) is 0 Å². The summed E-state index contributed by atoms with van der Waals surface area (Å²) in [6, 6.07) is 1.25. The second kappa shape index (κ2) is 2.95. The lowest BCUT2D eigenvalue weighted by atomic mass is 10.2. The molecule has 0 aromatic heterocycles. The molecule has 0 aromatic rings. The molecule has 1 unspecified atom stereocenters. The summed E-state index contributed by atoms with van der Waals surface area (Å²) in [4.78, 5) is 9.55. The first-order valence-corrected chi connectivity index (χ1v) is 1.97. The first-order chi connectivity index (χ1) is 3.72. The van der Waals surface area contributed by atoms with Gasteiger partial charge in [0.25, 0.3) is 0 Å².